The largest absolute Gasteiger partial charge is 0.305 e. The molecule has 4 rings (SSSR count). The molecule has 7 heteroatoms. The highest BCUT2D eigenvalue weighted by Crippen LogP contribution is 2.33. The van der Waals surface area contributed by atoms with E-state index in [2.05, 4.69) is 16.9 Å². The summed E-state index contributed by atoms with van der Waals surface area (Å²) >= 11 is 7.73. The molecule has 1 aromatic carbocycles. The van der Waals surface area contributed by atoms with Crippen molar-refractivity contribution >= 4 is 40.2 Å². The Kier molecular flexibility index (Phi) is 3.87. The average molecular weight is 346 g/mol. The molecular formula is C16H16ClN5S. The monoisotopic (exact) mass is 345 g/mol. The van der Waals surface area contributed by atoms with E-state index in [1.54, 1.807) is 11.8 Å². The molecule has 5 nitrogen and oxygen atoms in total. The average Bonchev–Trinajstić information content (AvgIpc) is 3.00. The molecule has 1 aromatic heterocycles. The number of aliphatic imine (C=N–C) groups is 2. The number of hydrogen-bond donors (Lipinski definition) is 0. The van der Waals surface area contributed by atoms with Crippen molar-refractivity contribution in [3.63, 3.8) is 0 Å². The van der Waals surface area contributed by atoms with E-state index < -0.39 is 0 Å². The molecule has 0 saturated carbocycles. The second-order valence-electron chi connectivity index (χ2n) is 5.31. The Labute approximate surface area is 144 Å². The number of fused-ring (bicyclic) bond motifs is 3. The summed E-state index contributed by atoms with van der Waals surface area (Å²) in [6.07, 6.45) is 2.92. The van der Waals surface area contributed by atoms with Crippen LogP contribution in [0.4, 0.5) is 5.82 Å². The molecule has 2 aliphatic heterocycles. The van der Waals surface area contributed by atoms with Crippen LogP contribution in [0.5, 0.6) is 0 Å². The van der Waals surface area contributed by atoms with Crippen LogP contribution in [-0.2, 0) is 0 Å². The second-order valence-corrected chi connectivity index (χ2v) is 6.98. The van der Waals surface area contributed by atoms with Gasteiger partial charge in [-0.05, 0) is 36.4 Å². The van der Waals surface area contributed by atoms with Crippen LogP contribution in [0.1, 0.15) is 18.9 Å². The van der Waals surface area contributed by atoms with Crippen molar-refractivity contribution in [3.8, 4) is 5.69 Å². The molecule has 0 unspecified atom stereocenters. The molecule has 0 bridgehead atoms. The van der Waals surface area contributed by atoms with Gasteiger partial charge in [-0.3, -0.25) is 4.99 Å². The summed E-state index contributed by atoms with van der Waals surface area (Å²) in [5, 5.41) is 6.25. The minimum atomic E-state index is 0.711. The van der Waals surface area contributed by atoms with Gasteiger partial charge in [-0.25, -0.2) is 9.67 Å². The maximum Gasteiger partial charge on any atom is 0.171 e. The Morgan fingerprint density at radius 3 is 2.87 bits per heavy atom. The smallest absolute Gasteiger partial charge is 0.171 e. The number of benzene rings is 1. The molecule has 0 amide bonds. The van der Waals surface area contributed by atoms with Crippen LogP contribution in [0, 0.1) is 0 Å². The van der Waals surface area contributed by atoms with Crippen LogP contribution in [0.3, 0.4) is 0 Å². The lowest BCUT2D eigenvalue weighted by molar-refractivity contribution is 0.554. The number of rotatable bonds is 2. The number of hydrogen-bond acceptors (Lipinski definition) is 5. The first kappa shape index (κ1) is 14.8. The Morgan fingerprint density at radius 1 is 1.26 bits per heavy atom. The van der Waals surface area contributed by atoms with E-state index in [-0.39, 0.29) is 0 Å². The topological polar surface area (TPSA) is 45.8 Å². The highest BCUT2D eigenvalue weighted by atomic mass is 35.5. The summed E-state index contributed by atoms with van der Waals surface area (Å²) in [7, 11) is 0. The van der Waals surface area contributed by atoms with E-state index >= 15 is 0 Å². The molecule has 0 atom stereocenters. The molecule has 118 valence electrons. The molecule has 3 heterocycles. The van der Waals surface area contributed by atoms with Crippen LogP contribution < -0.4 is 0 Å². The SMILES string of the molecule is CCSC1=Nc2c(cnn2-c2ccc(Cl)cc2)C2=NCCCN12. The summed E-state index contributed by atoms with van der Waals surface area (Å²) in [4.78, 5) is 11.8. The summed E-state index contributed by atoms with van der Waals surface area (Å²) in [6.45, 7) is 3.97. The lowest BCUT2D eigenvalue weighted by Crippen LogP contribution is -2.41. The highest BCUT2D eigenvalue weighted by molar-refractivity contribution is 8.13. The Balaban J connectivity index is 1.85. The molecular weight excluding hydrogens is 330 g/mol. The van der Waals surface area contributed by atoms with Crippen LogP contribution in [0.15, 0.2) is 40.4 Å². The fourth-order valence-electron chi connectivity index (χ4n) is 2.79. The third kappa shape index (κ3) is 2.56. The Morgan fingerprint density at radius 2 is 2.09 bits per heavy atom. The van der Waals surface area contributed by atoms with Gasteiger partial charge in [0.15, 0.2) is 11.0 Å². The molecule has 0 spiro atoms. The zero-order valence-corrected chi connectivity index (χ0v) is 14.3. The maximum absolute atomic E-state index is 5.99. The first-order valence-corrected chi connectivity index (χ1v) is 9.02. The van der Waals surface area contributed by atoms with Crippen molar-refractivity contribution in [2.75, 3.05) is 18.8 Å². The van der Waals surface area contributed by atoms with E-state index in [0.717, 1.165) is 53.3 Å². The van der Waals surface area contributed by atoms with E-state index in [9.17, 15) is 0 Å². The molecule has 2 aromatic rings. The molecule has 0 N–H and O–H groups in total. The van der Waals surface area contributed by atoms with Crippen molar-refractivity contribution in [2.45, 2.75) is 13.3 Å². The summed E-state index contributed by atoms with van der Waals surface area (Å²) in [5.41, 5.74) is 1.95. The lowest BCUT2D eigenvalue weighted by Gasteiger charge is -2.32. The number of nitrogens with zero attached hydrogens (tertiary/aromatic N) is 5. The van der Waals surface area contributed by atoms with Gasteiger partial charge in [0.1, 0.15) is 5.84 Å². The van der Waals surface area contributed by atoms with Gasteiger partial charge in [-0.15, -0.1) is 0 Å². The van der Waals surface area contributed by atoms with Gasteiger partial charge in [0.2, 0.25) is 0 Å². The van der Waals surface area contributed by atoms with Crippen LogP contribution in [0.25, 0.3) is 5.69 Å². The Hall–Kier alpha value is -1.79. The predicted molar refractivity (Wildman–Crippen MR) is 96.5 cm³/mol. The molecule has 23 heavy (non-hydrogen) atoms. The van der Waals surface area contributed by atoms with Gasteiger partial charge in [-0.1, -0.05) is 30.3 Å². The van der Waals surface area contributed by atoms with Crippen molar-refractivity contribution in [1.29, 1.82) is 0 Å². The number of thioether (sulfide) groups is 1. The van der Waals surface area contributed by atoms with E-state index in [1.807, 2.05) is 35.1 Å². The van der Waals surface area contributed by atoms with Gasteiger partial charge in [0, 0.05) is 18.1 Å². The highest BCUT2D eigenvalue weighted by Gasteiger charge is 2.31. The van der Waals surface area contributed by atoms with Crippen LogP contribution in [0.2, 0.25) is 5.02 Å². The molecule has 0 saturated heterocycles. The summed E-state index contributed by atoms with van der Waals surface area (Å²) < 4.78 is 1.86. The van der Waals surface area contributed by atoms with Gasteiger partial charge in [0.05, 0.1) is 17.4 Å². The Bertz CT molecular complexity index is 793. The third-order valence-corrected chi connectivity index (χ3v) is 4.93. The zero-order valence-electron chi connectivity index (χ0n) is 12.7. The number of aromatic nitrogens is 2. The standard InChI is InChI=1S/C16H16ClN5S/c1-2-23-16-20-15-13(14-18-8-3-9-21(14)16)10-19-22(15)12-6-4-11(17)5-7-12/h4-7,10H,2-3,8-9H2,1H3. The normalized spacial score (nSPS) is 16.5. The fourth-order valence-corrected chi connectivity index (χ4v) is 3.66. The first-order chi connectivity index (χ1) is 11.3. The first-order valence-electron chi connectivity index (χ1n) is 7.65. The fraction of sp³-hybridized carbons (Fsp3) is 0.312. The van der Waals surface area contributed by atoms with Crippen molar-refractivity contribution < 1.29 is 0 Å². The van der Waals surface area contributed by atoms with Crippen molar-refractivity contribution in [1.82, 2.24) is 14.7 Å². The predicted octanol–water partition coefficient (Wildman–Crippen LogP) is 3.73. The van der Waals surface area contributed by atoms with Crippen molar-refractivity contribution in [2.24, 2.45) is 9.98 Å². The van der Waals surface area contributed by atoms with Gasteiger partial charge in [0.25, 0.3) is 0 Å². The van der Waals surface area contributed by atoms with E-state index in [0.29, 0.717) is 5.02 Å². The van der Waals surface area contributed by atoms with Gasteiger partial charge < -0.3 is 4.90 Å². The number of halogens is 1. The lowest BCUT2D eigenvalue weighted by atomic mass is 10.2. The molecule has 0 fully saturated rings. The van der Waals surface area contributed by atoms with E-state index in [4.69, 9.17) is 21.6 Å². The van der Waals surface area contributed by atoms with Gasteiger partial charge >= 0.3 is 0 Å². The molecule has 0 aliphatic carbocycles. The zero-order chi connectivity index (χ0) is 15.8. The van der Waals surface area contributed by atoms with Crippen LogP contribution >= 0.6 is 23.4 Å². The molecule has 0 radical (unpaired) electrons. The molecule has 2 aliphatic rings. The van der Waals surface area contributed by atoms with Gasteiger partial charge in [-0.2, -0.15) is 5.10 Å². The van der Waals surface area contributed by atoms with Crippen molar-refractivity contribution in [3.05, 3.63) is 41.0 Å². The second kappa shape index (κ2) is 6.02. The minimum absolute atomic E-state index is 0.711. The minimum Gasteiger partial charge on any atom is -0.305 e. The van der Waals surface area contributed by atoms with Crippen LogP contribution in [-0.4, -0.2) is 44.5 Å². The summed E-state index contributed by atoms with van der Waals surface area (Å²) in [6, 6.07) is 7.63. The number of amidine groups is 2. The quantitative estimate of drug-likeness (QED) is 0.833. The third-order valence-electron chi connectivity index (χ3n) is 3.82. The maximum atomic E-state index is 5.99. The summed E-state index contributed by atoms with van der Waals surface area (Å²) in [5.74, 6) is 2.82. The van der Waals surface area contributed by atoms with E-state index in [1.165, 1.54) is 0 Å².